The lowest BCUT2D eigenvalue weighted by molar-refractivity contribution is -0.384. The minimum atomic E-state index is -4.08. The molecule has 33 heavy (non-hydrogen) atoms. The van der Waals surface area contributed by atoms with E-state index in [1.54, 1.807) is 36.4 Å². The predicted octanol–water partition coefficient (Wildman–Crippen LogP) is 4.05. The number of sulfonamides is 1. The molecule has 0 spiro atoms. The van der Waals surface area contributed by atoms with E-state index in [0.717, 1.165) is 21.5 Å². The predicted molar refractivity (Wildman–Crippen MR) is 125 cm³/mol. The SMILES string of the molecule is COc1ccc([N+](=O)[O-])cc1NC(=O)CN(c1ccc(C)cc1)S(=O)(=O)c1ccc(C)cc1. The van der Waals surface area contributed by atoms with Crippen molar-refractivity contribution >= 4 is 33.0 Å². The van der Waals surface area contributed by atoms with Crippen LogP contribution in [0.25, 0.3) is 0 Å². The van der Waals surface area contributed by atoms with Gasteiger partial charge in [-0.2, -0.15) is 0 Å². The minimum absolute atomic E-state index is 0.0365. The van der Waals surface area contributed by atoms with Gasteiger partial charge in [0.2, 0.25) is 5.91 Å². The monoisotopic (exact) mass is 469 g/mol. The second kappa shape index (κ2) is 9.70. The molecule has 10 heteroatoms. The van der Waals surface area contributed by atoms with Crippen molar-refractivity contribution in [1.29, 1.82) is 0 Å². The van der Waals surface area contributed by atoms with Gasteiger partial charge in [-0.3, -0.25) is 19.2 Å². The lowest BCUT2D eigenvalue weighted by Crippen LogP contribution is -2.38. The van der Waals surface area contributed by atoms with Crippen LogP contribution in [0.3, 0.4) is 0 Å². The van der Waals surface area contributed by atoms with Crippen LogP contribution in [0.5, 0.6) is 5.75 Å². The topological polar surface area (TPSA) is 119 Å². The van der Waals surface area contributed by atoms with Crippen molar-refractivity contribution in [2.45, 2.75) is 18.7 Å². The van der Waals surface area contributed by atoms with Gasteiger partial charge in [0.05, 0.1) is 28.3 Å². The number of amides is 1. The fourth-order valence-corrected chi connectivity index (χ4v) is 4.51. The molecule has 0 saturated heterocycles. The van der Waals surface area contributed by atoms with Crippen molar-refractivity contribution in [3.63, 3.8) is 0 Å². The van der Waals surface area contributed by atoms with Crippen molar-refractivity contribution in [2.24, 2.45) is 0 Å². The molecule has 0 fully saturated rings. The molecular formula is C23H23N3O6S. The molecule has 0 aliphatic rings. The highest BCUT2D eigenvalue weighted by molar-refractivity contribution is 7.92. The number of nitrogens with one attached hydrogen (secondary N) is 1. The van der Waals surface area contributed by atoms with E-state index in [1.165, 1.54) is 31.4 Å². The molecule has 0 aromatic heterocycles. The number of hydrogen-bond donors (Lipinski definition) is 1. The summed E-state index contributed by atoms with van der Waals surface area (Å²) in [5.74, 6) is -0.484. The summed E-state index contributed by atoms with van der Waals surface area (Å²) in [5, 5.41) is 13.6. The van der Waals surface area contributed by atoms with Crippen molar-refractivity contribution in [1.82, 2.24) is 0 Å². The zero-order valence-corrected chi connectivity index (χ0v) is 19.1. The molecular weight excluding hydrogens is 446 g/mol. The number of ether oxygens (including phenoxy) is 1. The maximum absolute atomic E-state index is 13.4. The van der Waals surface area contributed by atoms with Gasteiger partial charge < -0.3 is 10.1 Å². The Bertz CT molecular complexity index is 1270. The lowest BCUT2D eigenvalue weighted by atomic mass is 10.2. The molecule has 3 aromatic carbocycles. The summed E-state index contributed by atoms with van der Waals surface area (Å²) < 4.78 is 33.0. The van der Waals surface area contributed by atoms with Gasteiger partial charge in [-0.25, -0.2) is 8.42 Å². The average Bonchev–Trinajstić information content (AvgIpc) is 2.78. The molecule has 0 aliphatic carbocycles. The highest BCUT2D eigenvalue weighted by Gasteiger charge is 2.27. The van der Waals surface area contributed by atoms with Crippen LogP contribution in [0.15, 0.2) is 71.6 Å². The van der Waals surface area contributed by atoms with Gasteiger partial charge in [-0.15, -0.1) is 0 Å². The van der Waals surface area contributed by atoms with Crippen LogP contribution in [0, 0.1) is 24.0 Å². The van der Waals surface area contributed by atoms with E-state index in [1.807, 2.05) is 13.8 Å². The maximum Gasteiger partial charge on any atom is 0.271 e. The van der Waals surface area contributed by atoms with Crippen molar-refractivity contribution in [3.05, 3.63) is 88.0 Å². The van der Waals surface area contributed by atoms with Crippen LogP contribution < -0.4 is 14.4 Å². The van der Waals surface area contributed by atoms with Gasteiger partial charge in [-0.05, 0) is 44.2 Å². The minimum Gasteiger partial charge on any atom is -0.495 e. The molecule has 0 heterocycles. The number of methoxy groups -OCH3 is 1. The first-order valence-corrected chi connectivity index (χ1v) is 11.3. The Morgan fingerprint density at radius 1 is 1.00 bits per heavy atom. The molecule has 0 saturated carbocycles. The molecule has 0 radical (unpaired) electrons. The van der Waals surface area contributed by atoms with E-state index in [9.17, 15) is 23.3 Å². The standard InChI is InChI=1S/C23H23N3O6S/c1-16-4-8-18(9-5-16)25(33(30,31)20-11-6-17(2)7-12-20)15-23(27)24-21-14-19(26(28)29)10-13-22(21)32-3/h4-14H,15H2,1-3H3,(H,24,27). The van der Waals surface area contributed by atoms with Gasteiger partial charge in [0.15, 0.2) is 0 Å². The second-order valence-corrected chi connectivity index (χ2v) is 9.21. The normalized spacial score (nSPS) is 11.0. The van der Waals surface area contributed by atoms with Crippen LogP contribution >= 0.6 is 0 Å². The largest absolute Gasteiger partial charge is 0.495 e. The van der Waals surface area contributed by atoms with E-state index in [-0.39, 0.29) is 22.0 Å². The molecule has 1 amide bonds. The summed E-state index contributed by atoms with van der Waals surface area (Å²) in [6, 6.07) is 16.8. The maximum atomic E-state index is 13.4. The summed E-state index contributed by atoms with van der Waals surface area (Å²) in [5.41, 5.74) is 1.95. The van der Waals surface area contributed by atoms with Crippen LogP contribution in [0.2, 0.25) is 0 Å². The van der Waals surface area contributed by atoms with E-state index in [4.69, 9.17) is 4.74 Å². The summed E-state index contributed by atoms with van der Waals surface area (Å²) in [7, 11) is -2.72. The Kier molecular flexibility index (Phi) is 6.98. The number of carbonyl (C=O) groups excluding carboxylic acids is 1. The Balaban J connectivity index is 1.96. The fourth-order valence-electron chi connectivity index (χ4n) is 3.09. The van der Waals surface area contributed by atoms with E-state index in [2.05, 4.69) is 5.32 Å². The zero-order valence-electron chi connectivity index (χ0n) is 18.3. The van der Waals surface area contributed by atoms with Gasteiger partial charge in [-0.1, -0.05) is 35.4 Å². The number of anilines is 2. The number of rotatable bonds is 8. The summed E-state index contributed by atoms with van der Waals surface area (Å²) in [4.78, 5) is 23.4. The van der Waals surface area contributed by atoms with Crippen molar-refractivity contribution in [3.8, 4) is 5.75 Å². The van der Waals surface area contributed by atoms with Gasteiger partial charge >= 0.3 is 0 Å². The lowest BCUT2D eigenvalue weighted by Gasteiger charge is -2.24. The average molecular weight is 470 g/mol. The molecule has 3 aromatic rings. The molecule has 3 rings (SSSR count). The van der Waals surface area contributed by atoms with Crippen molar-refractivity contribution < 1.29 is 22.9 Å². The van der Waals surface area contributed by atoms with Gasteiger partial charge in [0.1, 0.15) is 12.3 Å². The van der Waals surface area contributed by atoms with Crippen LogP contribution in [-0.2, 0) is 14.8 Å². The first-order valence-electron chi connectivity index (χ1n) is 9.90. The highest BCUT2D eigenvalue weighted by Crippen LogP contribution is 2.29. The van der Waals surface area contributed by atoms with Gasteiger partial charge in [0, 0.05) is 12.1 Å². The molecule has 0 unspecified atom stereocenters. The first-order chi connectivity index (χ1) is 15.6. The van der Waals surface area contributed by atoms with Gasteiger partial charge in [0.25, 0.3) is 15.7 Å². The molecule has 172 valence electrons. The summed E-state index contributed by atoms with van der Waals surface area (Å²) >= 11 is 0. The summed E-state index contributed by atoms with van der Waals surface area (Å²) in [6.07, 6.45) is 0. The third-order valence-corrected chi connectivity index (χ3v) is 6.67. The van der Waals surface area contributed by atoms with E-state index in [0.29, 0.717) is 5.69 Å². The number of nitrogens with zero attached hydrogens (tertiary/aromatic N) is 2. The molecule has 1 N–H and O–H groups in total. The molecule has 0 bridgehead atoms. The Morgan fingerprint density at radius 3 is 2.12 bits per heavy atom. The Morgan fingerprint density at radius 2 is 1.58 bits per heavy atom. The second-order valence-electron chi connectivity index (χ2n) is 7.35. The number of non-ortho nitro benzene ring substituents is 1. The van der Waals surface area contributed by atoms with Crippen molar-refractivity contribution in [2.75, 3.05) is 23.3 Å². The number of nitro groups is 1. The number of carbonyl (C=O) groups is 1. The summed E-state index contributed by atoms with van der Waals surface area (Å²) in [6.45, 7) is 3.16. The Hall–Kier alpha value is -3.92. The quantitative estimate of drug-likeness (QED) is 0.393. The number of aryl methyl sites for hydroxylation is 2. The number of nitro benzene ring substituents is 1. The van der Waals surface area contributed by atoms with E-state index >= 15 is 0 Å². The van der Waals surface area contributed by atoms with Crippen LogP contribution in [0.1, 0.15) is 11.1 Å². The number of hydrogen-bond acceptors (Lipinski definition) is 6. The Labute approximate surface area is 191 Å². The third-order valence-electron chi connectivity index (χ3n) is 4.89. The highest BCUT2D eigenvalue weighted by atomic mass is 32.2. The smallest absolute Gasteiger partial charge is 0.271 e. The molecule has 0 atom stereocenters. The van der Waals surface area contributed by atoms with Crippen LogP contribution in [-0.4, -0.2) is 32.9 Å². The molecule has 0 aliphatic heterocycles. The fraction of sp³-hybridized carbons (Fsp3) is 0.174. The first kappa shape index (κ1) is 23.7. The molecule has 9 nitrogen and oxygen atoms in total. The van der Waals surface area contributed by atoms with E-state index < -0.39 is 27.4 Å². The van der Waals surface area contributed by atoms with Crippen LogP contribution in [0.4, 0.5) is 17.1 Å². The third kappa shape index (κ3) is 5.47. The zero-order chi connectivity index (χ0) is 24.2. The number of benzene rings is 3.